The highest BCUT2D eigenvalue weighted by atomic mass is 16.3. The van der Waals surface area contributed by atoms with Crippen molar-refractivity contribution in [3.63, 3.8) is 0 Å². The summed E-state index contributed by atoms with van der Waals surface area (Å²) in [5.74, 6) is 0.486. The fraction of sp³-hybridized carbons (Fsp3) is 0.0833. The zero-order valence-corrected chi connectivity index (χ0v) is 15.5. The lowest BCUT2D eigenvalue weighted by molar-refractivity contribution is 0.275. The maximum Gasteiger partial charge on any atom is 0.121 e. The molecule has 0 radical (unpaired) electrons. The van der Waals surface area contributed by atoms with Gasteiger partial charge in [0.15, 0.2) is 0 Å². The van der Waals surface area contributed by atoms with E-state index in [2.05, 4.69) is 0 Å². The number of aromatic hydroxyl groups is 3. The second-order valence-corrected chi connectivity index (χ2v) is 6.62. The number of aryl methyl sites for hydroxylation is 1. The molecule has 0 bridgehead atoms. The summed E-state index contributed by atoms with van der Waals surface area (Å²) in [6, 6.07) is 15.6. The van der Waals surface area contributed by atoms with Gasteiger partial charge in [-0.15, -0.1) is 0 Å². The standard InChI is InChI=1S/C24H22O4/c1-16-10-17(6-8-23(16)27)2-4-19-11-20(14-22(26)13-19)5-3-18-7-9-24(28)21(12-18)15-25/h2-14,25-28H,15H2,1H3/b4-2+,5-3+. The van der Waals surface area contributed by atoms with Crippen LogP contribution in [0, 0.1) is 6.92 Å². The zero-order chi connectivity index (χ0) is 20.1. The third-order valence-electron chi connectivity index (χ3n) is 4.39. The second kappa shape index (κ2) is 8.46. The summed E-state index contributed by atoms with van der Waals surface area (Å²) in [6.45, 7) is 1.61. The number of aliphatic hydroxyl groups is 1. The smallest absolute Gasteiger partial charge is 0.121 e. The Bertz CT molecular complexity index is 1050. The Balaban J connectivity index is 1.83. The van der Waals surface area contributed by atoms with Crippen LogP contribution in [0.1, 0.15) is 33.4 Å². The molecular formula is C24H22O4. The Morgan fingerprint density at radius 1 is 0.643 bits per heavy atom. The lowest BCUT2D eigenvalue weighted by atomic mass is 10.0. The number of benzene rings is 3. The molecule has 0 aliphatic rings. The Hall–Kier alpha value is -3.50. The van der Waals surface area contributed by atoms with E-state index < -0.39 is 0 Å². The van der Waals surface area contributed by atoms with E-state index in [1.54, 1.807) is 36.4 Å². The summed E-state index contributed by atoms with van der Waals surface area (Å²) in [7, 11) is 0. The van der Waals surface area contributed by atoms with Gasteiger partial charge in [-0.2, -0.15) is 0 Å². The normalized spacial score (nSPS) is 11.5. The van der Waals surface area contributed by atoms with Crippen LogP contribution in [0.5, 0.6) is 17.2 Å². The molecule has 3 aromatic carbocycles. The van der Waals surface area contributed by atoms with Crippen LogP contribution in [0.2, 0.25) is 0 Å². The highest BCUT2D eigenvalue weighted by Crippen LogP contribution is 2.23. The number of hydrogen-bond donors (Lipinski definition) is 4. The van der Waals surface area contributed by atoms with E-state index in [1.807, 2.05) is 49.4 Å². The average Bonchev–Trinajstić information content (AvgIpc) is 2.68. The molecule has 3 rings (SSSR count). The van der Waals surface area contributed by atoms with Crippen molar-refractivity contribution in [2.45, 2.75) is 13.5 Å². The van der Waals surface area contributed by atoms with Gasteiger partial charge in [-0.05, 0) is 77.2 Å². The number of phenolic OH excluding ortho intramolecular Hbond substituents is 2. The minimum absolute atomic E-state index is 0.0638. The van der Waals surface area contributed by atoms with Gasteiger partial charge in [-0.3, -0.25) is 0 Å². The van der Waals surface area contributed by atoms with Gasteiger partial charge in [0.05, 0.1) is 6.61 Å². The number of rotatable bonds is 5. The van der Waals surface area contributed by atoms with E-state index in [0.29, 0.717) is 5.56 Å². The molecule has 0 spiro atoms. The van der Waals surface area contributed by atoms with Crippen LogP contribution in [0.25, 0.3) is 24.3 Å². The summed E-state index contributed by atoms with van der Waals surface area (Å²) < 4.78 is 0. The van der Waals surface area contributed by atoms with Crippen molar-refractivity contribution in [3.8, 4) is 17.2 Å². The van der Waals surface area contributed by atoms with Gasteiger partial charge >= 0.3 is 0 Å². The van der Waals surface area contributed by atoms with E-state index in [-0.39, 0.29) is 23.9 Å². The summed E-state index contributed by atoms with van der Waals surface area (Å²) in [5, 5.41) is 38.5. The quantitative estimate of drug-likeness (QED) is 0.477. The lowest BCUT2D eigenvalue weighted by Crippen LogP contribution is -1.85. The molecule has 0 atom stereocenters. The summed E-state index contributed by atoms with van der Waals surface area (Å²) >= 11 is 0. The summed E-state index contributed by atoms with van der Waals surface area (Å²) in [6.07, 6.45) is 7.52. The molecular weight excluding hydrogens is 352 g/mol. The molecule has 0 saturated heterocycles. The summed E-state index contributed by atoms with van der Waals surface area (Å²) in [4.78, 5) is 0. The van der Waals surface area contributed by atoms with E-state index in [9.17, 15) is 20.4 Å². The van der Waals surface area contributed by atoms with Crippen molar-refractivity contribution < 1.29 is 20.4 Å². The van der Waals surface area contributed by atoms with Crippen LogP contribution >= 0.6 is 0 Å². The lowest BCUT2D eigenvalue weighted by Gasteiger charge is -2.03. The number of hydrogen-bond acceptors (Lipinski definition) is 4. The fourth-order valence-corrected chi connectivity index (χ4v) is 2.85. The molecule has 4 nitrogen and oxygen atoms in total. The molecule has 28 heavy (non-hydrogen) atoms. The van der Waals surface area contributed by atoms with Crippen molar-refractivity contribution in [1.82, 2.24) is 0 Å². The maximum absolute atomic E-state index is 10.0. The highest BCUT2D eigenvalue weighted by Gasteiger charge is 2.01. The van der Waals surface area contributed by atoms with Gasteiger partial charge in [-0.25, -0.2) is 0 Å². The third kappa shape index (κ3) is 4.81. The van der Waals surface area contributed by atoms with Gasteiger partial charge in [-0.1, -0.05) is 36.4 Å². The van der Waals surface area contributed by atoms with Gasteiger partial charge in [0.2, 0.25) is 0 Å². The molecule has 4 heteroatoms. The average molecular weight is 374 g/mol. The Labute approximate surface area is 164 Å². The first-order valence-electron chi connectivity index (χ1n) is 8.87. The molecule has 0 amide bonds. The Kier molecular flexibility index (Phi) is 5.82. The van der Waals surface area contributed by atoms with Crippen LogP contribution in [0.3, 0.4) is 0 Å². The van der Waals surface area contributed by atoms with Crippen LogP contribution in [-0.2, 0) is 6.61 Å². The van der Waals surface area contributed by atoms with E-state index in [4.69, 9.17) is 0 Å². The molecule has 0 fully saturated rings. The highest BCUT2D eigenvalue weighted by molar-refractivity contribution is 5.75. The monoisotopic (exact) mass is 374 g/mol. The predicted molar refractivity (Wildman–Crippen MR) is 113 cm³/mol. The van der Waals surface area contributed by atoms with Crippen molar-refractivity contribution in [2.75, 3.05) is 0 Å². The van der Waals surface area contributed by atoms with Crippen molar-refractivity contribution in [1.29, 1.82) is 0 Å². The van der Waals surface area contributed by atoms with Crippen molar-refractivity contribution in [2.24, 2.45) is 0 Å². The number of phenols is 3. The minimum atomic E-state index is -0.231. The SMILES string of the molecule is Cc1cc(/C=C/c2cc(O)cc(/C=C/c3ccc(O)c(CO)c3)c2)ccc1O. The van der Waals surface area contributed by atoms with Crippen LogP contribution in [-0.4, -0.2) is 20.4 Å². The first kappa shape index (κ1) is 19.3. The molecule has 0 aliphatic carbocycles. The van der Waals surface area contributed by atoms with E-state index >= 15 is 0 Å². The third-order valence-corrected chi connectivity index (χ3v) is 4.39. The Morgan fingerprint density at radius 3 is 1.75 bits per heavy atom. The van der Waals surface area contributed by atoms with E-state index in [1.165, 1.54) is 0 Å². The van der Waals surface area contributed by atoms with Gasteiger partial charge in [0, 0.05) is 5.56 Å². The van der Waals surface area contributed by atoms with Gasteiger partial charge < -0.3 is 20.4 Å². The Morgan fingerprint density at radius 2 is 1.18 bits per heavy atom. The largest absolute Gasteiger partial charge is 0.508 e. The van der Waals surface area contributed by atoms with Crippen LogP contribution < -0.4 is 0 Å². The number of aliphatic hydroxyl groups excluding tert-OH is 1. The molecule has 0 aromatic heterocycles. The van der Waals surface area contributed by atoms with Crippen molar-refractivity contribution >= 4 is 24.3 Å². The van der Waals surface area contributed by atoms with E-state index in [0.717, 1.165) is 27.8 Å². The first-order valence-corrected chi connectivity index (χ1v) is 8.87. The van der Waals surface area contributed by atoms with Crippen molar-refractivity contribution in [3.05, 3.63) is 88.0 Å². The zero-order valence-electron chi connectivity index (χ0n) is 15.5. The second-order valence-electron chi connectivity index (χ2n) is 6.62. The molecule has 0 saturated carbocycles. The minimum Gasteiger partial charge on any atom is -0.508 e. The van der Waals surface area contributed by atoms with Crippen LogP contribution in [0.4, 0.5) is 0 Å². The van der Waals surface area contributed by atoms with Crippen LogP contribution in [0.15, 0.2) is 54.6 Å². The molecule has 0 heterocycles. The molecule has 0 aliphatic heterocycles. The molecule has 4 N–H and O–H groups in total. The van der Waals surface area contributed by atoms with Gasteiger partial charge in [0.25, 0.3) is 0 Å². The summed E-state index contributed by atoms with van der Waals surface area (Å²) in [5.41, 5.74) is 4.72. The predicted octanol–water partition coefficient (Wildman–Crippen LogP) is 4.94. The topological polar surface area (TPSA) is 80.9 Å². The molecule has 3 aromatic rings. The molecule has 0 unspecified atom stereocenters. The van der Waals surface area contributed by atoms with Gasteiger partial charge in [0.1, 0.15) is 17.2 Å². The molecule has 142 valence electrons. The maximum atomic E-state index is 10.0. The fourth-order valence-electron chi connectivity index (χ4n) is 2.85. The first-order chi connectivity index (χ1) is 13.4.